The maximum Gasteiger partial charge on any atom is 0.349 e. The molecule has 0 aliphatic heterocycles. The largest absolute Gasteiger partial charge is 0.476 e. The van der Waals surface area contributed by atoms with E-state index in [1.807, 2.05) is 12.1 Å². The van der Waals surface area contributed by atoms with E-state index in [9.17, 15) is 4.79 Å². The molecular weight excluding hydrogens is 520 g/mol. The standard InChI is InChI=1S/C37H36N2O3/c1-4-41-36(40)37(2,3)42-32-20-17-26(18-21-32)10-9-15-35-38-33-23-30-13-7-8-14-31(30)24-34(33)39(35)25-27-16-19-28-11-5-6-12-29(28)22-27/h5-8,11-14,16-24H,4,9-10,15,25H2,1-3H3. The van der Waals surface area contributed by atoms with Crippen LogP contribution in [-0.4, -0.2) is 27.7 Å². The van der Waals surface area contributed by atoms with Crippen LogP contribution in [0.2, 0.25) is 0 Å². The van der Waals surface area contributed by atoms with Crippen molar-refractivity contribution in [3.63, 3.8) is 0 Å². The van der Waals surface area contributed by atoms with Crippen molar-refractivity contribution in [2.24, 2.45) is 0 Å². The molecule has 0 fully saturated rings. The summed E-state index contributed by atoms with van der Waals surface area (Å²) in [5, 5.41) is 4.94. The summed E-state index contributed by atoms with van der Waals surface area (Å²) in [6, 6.07) is 36.2. The fourth-order valence-electron chi connectivity index (χ4n) is 5.56. The number of hydrogen-bond donors (Lipinski definition) is 0. The number of rotatable bonds is 10. The Labute approximate surface area is 246 Å². The Bertz CT molecular complexity index is 1870. The molecule has 0 unspecified atom stereocenters. The van der Waals surface area contributed by atoms with Gasteiger partial charge in [0.05, 0.1) is 17.6 Å². The minimum Gasteiger partial charge on any atom is -0.476 e. The van der Waals surface area contributed by atoms with Gasteiger partial charge in [0, 0.05) is 13.0 Å². The second kappa shape index (κ2) is 11.7. The number of aromatic nitrogens is 2. The molecule has 212 valence electrons. The number of hydrogen-bond acceptors (Lipinski definition) is 4. The van der Waals surface area contributed by atoms with E-state index in [2.05, 4.69) is 95.6 Å². The quantitative estimate of drug-likeness (QED) is 0.159. The van der Waals surface area contributed by atoms with Crippen molar-refractivity contribution in [3.8, 4) is 5.75 Å². The van der Waals surface area contributed by atoms with Crippen LogP contribution in [0.25, 0.3) is 32.6 Å². The van der Waals surface area contributed by atoms with E-state index >= 15 is 0 Å². The maximum atomic E-state index is 12.2. The van der Waals surface area contributed by atoms with Gasteiger partial charge >= 0.3 is 5.97 Å². The lowest BCUT2D eigenvalue weighted by atomic mass is 10.1. The Morgan fingerprint density at radius 3 is 2.12 bits per heavy atom. The molecule has 6 aromatic rings. The molecule has 0 aliphatic carbocycles. The lowest BCUT2D eigenvalue weighted by Gasteiger charge is -2.24. The molecule has 0 saturated heterocycles. The van der Waals surface area contributed by atoms with Crippen LogP contribution in [0.3, 0.4) is 0 Å². The number of benzene rings is 5. The SMILES string of the molecule is CCOC(=O)C(C)(C)Oc1ccc(CCCc2nc3cc4ccccc4cc3n2Cc2ccc3ccccc3c2)cc1. The predicted molar refractivity (Wildman–Crippen MR) is 170 cm³/mol. The van der Waals surface area contributed by atoms with Gasteiger partial charge in [-0.1, -0.05) is 72.8 Å². The fraction of sp³-hybridized carbons (Fsp3) is 0.243. The van der Waals surface area contributed by atoms with E-state index < -0.39 is 5.60 Å². The molecule has 1 aromatic heterocycles. The first-order valence-electron chi connectivity index (χ1n) is 14.7. The van der Waals surface area contributed by atoms with E-state index in [1.54, 1.807) is 20.8 Å². The molecule has 0 saturated carbocycles. The Balaban J connectivity index is 1.22. The summed E-state index contributed by atoms with van der Waals surface area (Å²) >= 11 is 0. The van der Waals surface area contributed by atoms with Crippen LogP contribution in [-0.2, 0) is 28.9 Å². The maximum absolute atomic E-state index is 12.2. The van der Waals surface area contributed by atoms with E-state index in [0.717, 1.165) is 37.1 Å². The first-order chi connectivity index (χ1) is 20.4. The lowest BCUT2D eigenvalue weighted by Crippen LogP contribution is -2.39. The first-order valence-corrected chi connectivity index (χ1v) is 14.7. The van der Waals surface area contributed by atoms with Crippen LogP contribution < -0.4 is 4.74 Å². The summed E-state index contributed by atoms with van der Waals surface area (Å²) in [6.07, 6.45) is 2.75. The molecule has 5 aromatic carbocycles. The monoisotopic (exact) mass is 556 g/mol. The molecular formula is C37H36N2O3. The summed E-state index contributed by atoms with van der Waals surface area (Å²) in [7, 11) is 0. The second-order valence-corrected chi connectivity index (χ2v) is 11.3. The summed E-state index contributed by atoms with van der Waals surface area (Å²) < 4.78 is 13.4. The summed E-state index contributed by atoms with van der Waals surface area (Å²) in [4.78, 5) is 17.3. The molecule has 0 atom stereocenters. The molecule has 0 spiro atoms. The third kappa shape index (κ3) is 5.87. The number of carbonyl (C=O) groups excluding carboxylic acids is 1. The number of carbonyl (C=O) groups is 1. The van der Waals surface area contributed by atoms with Crippen LogP contribution in [0.15, 0.2) is 103 Å². The van der Waals surface area contributed by atoms with Crippen LogP contribution in [0.4, 0.5) is 0 Å². The number of fused-ring (bicyclic) bond motifs is 3. The van der Waals surface area contributed by atoms with Crippen molar-refractivity contribution in [1.29, 1.82) is 0 Å². The highest BCUT2D eigenvalue weighted by Crippen LogP contribution is 2.27. The third-order valence-electron chi connectivity index (χ3n) is 7.78. The highest BCUT2D eigenvalue weighted by Gasteiger charge is 2.31. The van der Waals surface area contributed by atoms with Gasteiger partial charge in [-0.3, -0.25) is 0 Å². The number of imidazole rings is 1. The van der Waals surface area contributed by atoms with Gasteiger partial charge in [0.15, 0.2) is 5.60 Å². The van der Waals surface area contributed by atoms with Gasteiger partial charge in [-0.2, -0.15) is 0 Å². The first kappa shape index (κ1) is 27.5. The Morgan fingerprint density at radius 1 is 0.762 bits per heavy atom. The molecule has 0 aliphatic rings. The van der Waals surface area contributed by atoms with E-state index in [1.165, 1.54) is 38.2 Å². The molecule has 1 heterocycles. The molecule has 0 amide bonds. The molecule has 0 bridgehead atoms. The number of esters is 1. The zero-order valence-electron chi connectivity index (χ0n) is 24.5. The van der Waals surface area contributed by atoms with Gasteiger partial charge in [0.2, 0.25) is 0 Å². The molecule has 6 rings (SSSR count). The average molecular weight is 557 g/mol. The van der Waals surface area contributed by atoms with Crippen molar-refractivity contribution in [2.45, 2.75) is 52.2 Å². The van der Waals surface area contributed by atoms with Crippen molar-refractivity contribution in [2.75, 3.05) is 6.61 Å². The van der Waals surface area contributed by atoms with Crippen LogP contribution in [0.1, 0.15) is 44.1 Å². The summed E-state index contributed by atoms with van der Waals surface area (Å²) in [6.45, 7) is 6.36. The smallest absolute Gasteiger partial charge is 0.349 e. The second-order valence-electron chi connectivity index (χ2n) is 11.3. The fourth-order valence-corrected chi connectivity index (χ4v) is 5.56. The van der Waals surface area contributed by atoms with Gasteiger partial charge in [0.1, 0.15) is 11.6 Å². The number of nitrogens with zero attached hydrogens (tertiary/aromatic N) is 2. The van der Waals surface area contributed by atoms with Crippen molar-refractivity contribution in [1.82, 2.24) is 9.55 Å². The molecule has 0 radical (unpaired) electrons. The number of ether oxygens (including phenoxy) is 2. The van der Waals surface area contributed by atoms with Crippen molar-refractivity contribution < 1.29 is 14.3 Å². The summed E-state index contributed by atoms with van der Waals surface area (Å²) in [5.41, 5.74) is 3.66. The average Bonchev–Trinajstić information content (AvgIpc) is 3.32. The van der Waals surface area contributed by atoms with E-state index in [-0.39, 0.29) is 5.97 Å². The van der Waals surface area contributed by atoms with Gasteiger partial charge in [-0.25, -0.2) is 9.78 Å². The minimum atomic E-state index is -1.04. The minimum absolute atomic E-state index is 0.330. The van der Waals surface area contributed by atoms with E-state index in [0.29, 0.717) is 12.4 Å². The van der Waals surface area contributed by atoms with Crippen molar-refractivity contribution in [3.05, 3.63) is 120 Å². The summed E-state index contributed by atoms with van der Waals surface area (Å²) in [5.74, 6) is 1.39. The van der Waals surface area contributed by atoms with Gasteiger partial charge in [-0.15, -0.1) is 0 Å². The van der Waals surface area contributed by atoms with E-state index in [4.69, 9.17) is 14.5 Å². The third-order valence-corrected chi connectivity index (χ3v) is 7.78. The Morgan fingerprint density at radius 2 is 1.40 bits per heavy atom. The number of aryl methyl sites for hydroxylation is 2. The molecule has 5 nitrogen and oxygen atoms in total. The van der Waals surface area contributed by atoms with Crippen LogP contribution in [0.5, 0.6) is 5.75 Å². The molecule has 0 N–H and O–H groups in total. The zero-order valence-corrected chi connectivity index (χ0v) is 24.5. The van der Waals surface area contributed by atoms with Crippen LogP contribution in [0, 0.1) is 0 Å². The predicted octanol–water partition coefficient (Wildman–Crippen LogP) is 8.29. The van der Waals surface area contributed by atoms with Crippen LogP contribution >= 0.6 is 0 Å². The van der Waals surface area contributed by atoms with Gasteiger partial charge in [0.25, 0.3) is 0 Å². The lowest BCUT2D eigenvalue weighted by molar-refractivity contribution is -0.158. The van der Waals surface area contributed by atoms with Gasteiger partial charge < -0.3 is 14.0 Å². The molecule has 42 heavy (non-hydrogen) atoms. The molecule has 5 heteroatoms. The highest BCUT2D eigenvalue weighted by atomic mass is 16.6. The highest BCUT2D eigenvalue weighted by molar-refractivity contribution is 5.95. The Kier molecular flexibility index (Phi) is 7.66. The normalized spacial score (nSPS) is 11.8. The zero-order chi connectivity index (χ0) is 29.1. The van der Waals surface area contributed by atoms with Gasteiger partial charge in [-0.05, 0) is 96.6 Å². The Hall–Kier alpha value is -4.64. The van der Waals surface area contributed by atoms with Crippen molar-refractivity contribution >= 4 is 38.5 Å². The topological polar surface area (TPSA) is 53.4 Å².